The van der Waals surface area contributed by atoms with Crippen molar-refractivity contribution in [3.63, 3.8) is 0 Å². The molecular weight excluding hydrogens is 222 g/mol. The average molecular weight is 247 g/mol. The summed E-state index contributed by atoms with van der Waals surface area (Å²) in [4.78, 5) is 6.41. The molecule has 0 atom stereocenters. The summed E-state index contributed by atoms with van der Waals surface area (Å²) in [5, 5.41) is 3.47. The van der Waals surface area contributed by atoms with Crippen molar-refractivity contribution >= 4 is 5.69 Å². The SMILES string of the molecule is C=C(C)CN(C)c1cnccc1CNCC(C)C. The van der Waals surface area contributed by atoms with E-state index in [1.54, 1.807) is 0 Å². The van der Waals surface area contributed by atoms with Crippen molar-refractivity contribution < 1.29 is 0 Å². The van der Waals surface area contributed by atoms with Crippen LogP contribution in [0.25, 0.3) is 0 Å². The maximum absolute atomic E-state index is 4.22. The molecule has 0 aliphatic carbocycles. The van der Waals surface area contributed by atoms with Crippen LogP contribution in [0.15, 0.2) is 30.6 Å². The van der Waals surface area contributed by atoms with Crippen LogP contribution in [0.1, 0.15) is 26.3 Å². The molecule has 0 bridgehead atoms. The van der Waals surface area contributed by atoms with Crippen molar-refractivity contribution in [1.29, 1.82) is 0 Å². The van der Waals surface area contributed by atoms with Gasteiger partial charge in [-0.3, -0.25) is 4.98 Å². The van der Waals surface area contributed by atoms with Crippen molar-refractivity contribution in [2.24, 2.45) is 5.92 Å². The normalized spacial score (nSPS) is 10.7. The molecule has 1 aromatic rings. The Bertz CT molecular complexity index is 385. The Morgan fingerprint density at radius 2 is 2.22 bits per heavy atom. The molecule has 0 unspecified atom stereocenters. The lowest BCUT2D eigenvalue weighted by Crippen LogP contribution is -2.24. The topological polar surface area (TPSA) is 28.2 Å². The minimum absolute atomic E-state index is 0.670. The largest absolute Gasteiger partial charge is 0.369 e. The molecule has 0 radical (unpaired) electrons. The molecule has 0 aliphatic heterocycles. The van der Waals surface area contributed by atoms with E-state index in [2.05, 4.69) is 48.7 Å². The first-order valence-corrected chi connectivity index (χ1v) is 6.49. The zero-order valence-corrected chi connectivity index (χ0v) is 12.0. The zero-order chi connectivity index (χ0) is 13.5. The van der Waals surface area contributed by atoms with Gasteiger partial charge in [-0.25, -0.2) is 0 Å². The molecule has 0 saturated carbocycles. The number of nitrogens with zero attached hydrogens (tertiary/aromatic N) is 2. The van der Waals surface area contributed by atoms with Crippen molar-refractivity contribution in [3.05, 3.63) is 36.2 Å². The molecule has 1 aromatic heterocycles. The Morgan fingerprint density at radius 1 is 1.50 bits per heavy atom. The Kier molecular flexibility index (Phi) is 5.86. The van der Waals surface area contributed by atoms with Gasteiger partial charge < -0.3 is 10.2 Å². The predicted molar refractivity (Wildman–Crippen MR) is 78.9 cm³/mol. The third-order valence-corrected chi connectivity index (χ3v) is 2.67. The fourth-order valence-corrected chi connectivity index (χ4v) is 1.89. The van der Waals surface area contributed by atoms with Crippen LogP contribution in [0.3, 0.4) is 0 Å². The van der Waals surface area contributed by atoms with Gasteiger partial charge in [-0.1, -0.05) is 26.0 Å². The fourth-order valence-electron chi connectivity index (χ4n) is 1.89. The van der Waals surface area contributed by atoms with Crippen molar-refractivity contribution in [3.8, 4) is 0 Å². The standard InChI is InChI=1S/C15H25N3/c1-12(2)8-17-9-14-6-7-16-10-15(14)18(5)11-13(3)4/h6-7,10,12,17H,3,8-9,11H2,1-2,4-5H3. The first kappa shape index (κ1) is 14.7. The van der Waals surface area contributed by atoms with Gasteiger partial charge in [-0.15, -0.1) is 0 Å². The van der Waals surface area contributed by atoms with E-state index in [1.807, 2.05) is 19.3 Å². The Hall–Kier alpha value is -1.35. The number of hydrogen-bond donors (Lipinski definition) is 1. The highest BCUT2D eigenvalue weighted by Gasteiger charge is 2.07. The van der Waals surface area contributed by atoms with E-state index in [0.29, 0.717) is 5.92 Å². The van der Waals surface area contributed by atoms with Crippen molar-refractivity contribution in [1.82, 2.24) is 10.3 Å². The highest BCUT2D eigenvalue weighted by molar-refractivity contribution is 5.51. The van der Waals surface area contributed by atoms with E-state index < -0.39 is 0 Å². The second kappa shape index (κ2) is 7.17. The third-order valence-electron chi connectivity index (χ3n) is 2.67. The summed E-state index contributed by atoms with van der Waals surface area (Å²) in [5.41, 5.74) is 3.62. The second-order valence-electron chi connectivity index (χ2n) is 5.34. The number of likely N-dealkylation sites (N-methyl/N-ethyl adjacent to an activating group) is 1. The lowest BCUT2D eigenvalue weighted by Gasteiger charge is -2.22. The van der Waals surface area contributed by atoms with Crippen LogP contribution < -0.4 is 10.2 Å². The Balaban J connectivity index is 2.69. The Labute approximate surface area is 111 Å². The van der Waals surface area contributed by atoms with Gasteiger partial charge in [-0.05, 0) is 31.0 Å². The fraction of sp³-hybridized carbons (Fsp3) is 0.533. The second-order valence-corrected chi connectivity index (χ2v) is 5.34. The number of pyridine rings is 1. The summed E-state index contributed by atoms with van der Waals surface area (Å²) in [6, 6.07) is 2.08. The van der Waals surface area contributed by atoms with Crippen LogP contribution in [0, 0.1) is 5.92 Å². The number of hydrogen-bond acceptors (Lipinski definition) is 3. The van der Waals surface area contributed by atoms with Crippen LogP contribution in [0.2, 0.25) is 0 Å². The predicted octanol–water partition coefficient (Wildman–Crippen LogP) is 2.84. The summed E-state index contributed by atoms with van der Waals surface area (Å²) in [7, 11) is 2.08. The minimum atomic E-state index is 0.670. The van der Waals surface area contributed by atoms with Crippen LogP contribution in [-0.2, 0) is 6.54 Å². The van der Waals surface area contributed by atoms with E-state index >= 15 is 0 Å². The molecule has 0 spiro atoms. The molecule has 3 nitrogen and oxygen atoms in total. The summed E-state index contributed by atoms with van der Waals surface area (Å²) < 4.78 is 0. The van der Waals surface area contributed by atoms with Crippen LogP contribution >= 0.6 is 0 Å². The summed E-state index contributed by atoms with van der Waals surface area (Å²) in [6.45, 7) is 13.2. The average Bonchev–Trinajstić information content (AvgIpc) is 2.28. The third kappa shape index (κ3) is 4.88. The van der Waals surface area contributed by atoms with Gasteiger partial charge in [0, 0.05) is 26.3 Å². The van der Waals surface area contributed by atoms with Gasteiger partial charge in [0.25, 0.3) is 0 Å². The van der Waals surface area contributed by atoms with Crippen molar-refractivity contribution in [2.75, 3.05) is 25.0 Å². The highest BCUT2D eigenvalue weighted by atomic mass is 15.1. The van der Waals surface area contributed by atoms with E-state index in [9.17, 15) is 0 Å². The molecule has 1 rings (SSSR count). The van der Waals surface area contributed by atoms with Crippen molar-refractivity contribution in [2.45, 2.75) is 27.3 Å². The molecule has 0 aliphatic rings. The molecule has 0 saturated heterocycles. The number of nitrogens with one attached hydrogen (secondary N) is 1. The van der Waals surface area contributed by atoms with Gasteiger partial charge in [0.1, 0.15) is 0 Å². The molecular formula is C15H25N3. The zero-order valence-electron chi connectivity index (χ0n) is 12.0. The highest BCUT2D eigenvalue weighted by Crippen LogP contribution is 2.18. The van der Waals surface area contributed by atoms with Gasteiger partial charge >= 0.3 is 0 Å². The first-order valence-electron chi connectivity index (χ1n) is 6.49. The lowest BCUT2D eigenvalue weighted by molar-refractivity contribution is 0.552. The maximum atomic E-state index is 4.22. The molecule has 0 fully saturated rings. The molecule has 0 amide bonds. The first-order chi connectivity index (χ1) is 8.50. The lowest BCUT2D eigenvalue weighted by atomic mass is 10.1. The van der Waals surface area contributed by atoms with Gasteiger partial charge in [0.15, 0.2) is 0 Å². The number of anilines is 1. The van der Waals surface area contributed by atoms with E-state index in [1.165, 1.54) is 11.3 Å². The quantitative estimate of drug-likeness (QED) is 0.751. The molecule has 1 N–H and O–H groups in total. The summed E-state index contributed by atoms with van der Waals surface area (Å²) in [5.74, 6) is 0.670. The van der Waals surface area contributed by atoms with E-state index in [4.69, 9.17) is 0 Å². The van der Waals surface area contributed by atoms with E-state index in [0.717, 1.165) is 25.2 Å². The number of rotatable bonds is 7. The van der Waals surface area contributed by atoms with Gasteiger partial charge in [0.2, 0.25) is 0 Å². The van der Waals surface area contributed by atoms with Gasteiger partial charge in [0.05, 0.1) is 11.9 Å². The van der Waals surface area contributed by atoms with E-state index in [-0.39, 0.29) is 0 Å². The van der Waals surface area contributed by atoms with Gasteiger partial charge in [-0.2, -0.15) is 0 Å². The Morgan fingerprint density at radius 3 is 2.83 bits per heavy atom. The van der Waals surface area contributed by atoms with Crippen LogP contribution in [0.5, 0.6) is 0 Å². The summed E-state index contributed by atoms with van der Waals surface area (Å²) in [6.07, 6.45) is 3.78. The molecule has 100 valence electrons. The molecule has 0 aromatic carbocycles. The number of aromatic nitrogens is 1. The molecule has 1 heterocycles. The summed E-state index contributed by atoms with van der Waals surface area (Å²) >= 11 is 0. The monoisotopic (exact) mass is 247 g/mol. The molecule has 3 heteroatoms. The van der Waals surface area contributed by atoms with Crippen LogP contribution in [0.4, 0.5) is 5.69 Å². The van der Waals surface area contributed by atoms with Crippen LogP contribution in [-0.4, -0.2) is 25.1 Å². The molecule has 18 heavy (non-hydrogen) atoms. The maximum Gasteiger partial charge on any atom is 0.0598 e. The minimum Gasteiger partial charge on any atom is -0.369 e. The smallest absolute Gasteiger partial charge is 0.0598 e.